The highest BCUT2D eigenvalue weighted by Crippen LogP contribution is 2.32. The van der Waals surface area contributed by atoms with Crippen LogP contribution in [0.15, 0.2) is 48.8 Å². The average molecular weight is 282 g/mol. The van der Waals surface area contributed by atoms with E-state index in [9.17, 15) is 14.7 Å². The fourth-order valence-corrected chi connectivity index (χ4v) is 2.65. The summed E-state index contributed by atoms with van der Waals surface area (Å²) in [6, 6.07) is 10.1. The van der Waals surface area contributed by atoms with E-state index < -0.39 is 12.0 Å². The minimum Gasteiger partial charge on any atom is -0.480 e. The summed E-state index contributed by atoms with van der Waals surface area (Å²) < 4.78 is 0. The number of para-hydroxylation sites is 1. The highest BCUT2D eigenvalue weighted by Gasteiger charge is 2.37. The summed E-state index contributed by atoms with van der Waals surface area (Å²) in [7, 11) is 0. The minimum atomic E-state index is -0.981. The summed E-state index contributed by atoms with van der Waals surface area (Å²) in [6.07, 6.45) is 3.76. The van der Waals surface area contributed by atoms with Crippen LogP contribution < -0.4 is 4.90 Å². The maximum atomic E-state index is 12.5. The number of carbonyl (C=O) groups is 2. The van der Waals surface area contributed by atoms with Crippen LogP contribution in [0.4, 0.5) is 5.69 Å². The minimum absolute atomic E-state index is 0.145. The SMILES string of the molecule is O=C(O)C1Cc2ccccc2N1C(=O)Cc1cccnc1. The van der Waals surface area contributed by atoms with Crippen molar-refractivity contribution in [2.45, 2.75) is 18.9 Å². The molecule has 0 fully saturated rings. The van der Waals surface area contributed by atoms with E-state index in [0.29, 0.717) is 12.1 Å². The summed E-state index contributed by atoms with van der Waals surface area (Å²) >= 11 is 0. The highest BCUT2D eigenvalue weighted by molar-refractivity contribution is 6.02. The van der Waals surface area contributed by atoms with Crippen molar-refractivity contribution in [1.29, 1.82) is 0 Å². The van der Waals surface area contributed by atoms with Crippen molar-refractivity contribution < 1.29 is 14.7 Å². The number of rotatable bonds is 3. The van der Waals surface area contributed by atoms with Gasteiger partial charge in [-0.05, 0) is 23.3 Å². The first-order chi connectivity index (χ1) is 10.2. The maximum absolute atomic E-state index is 12.5. The lowest BCUT2D eigenvalue weighted by Gasteiger charge is -2.22. The van der Waals surface area contributed by atoms with Gasteiger partial charge < -0.3 is 5.11 Å². The van der Waals surface area contributed by atoms with E-state index in [0.717, 1.165) is 11.1 Å². The average Bonchev–Trinajstić information content (AvgIpc) is 2.88. The van der Waals surface area contributed by atoms with Crippen molar-refractivity contribution in [3.8, 4) is 0 Å². The van der Waals surface area contributed by atoms with Gasteiger partial charge in [0.1, 0.15) is 6.04 Å². The summed E-state index contributed by atoms with van der Waals surface area (Å²) in [5, 5.41) is 9.36. The molecule has 0 spiro atoms. The summed E-state index contributed by atoms with van der Waals surface area (Å²) in [4.78, 5) is 29.3. The van der Waals surface area contributed by atoms with Gasteiger partial charge in [-0.2, -0.15) is 0 Å². The van der Waals surface area contributed by atoms with Crippen LogP contribution in [-0.2, 0) is 22.4 Å². The Balaban J connectivity index is 1.91. The molecule has 2 heterocycles. The van der Waals surface area contributed by atoms with Crippen LogP contribution in [0.2, 0.25) is 0 Å². The molecule has 106 valence electrons. The molecule has 0 radical (unpaired) electrons. The molecule has 1 aromatic heterocycles. The third kappa shape index (κ3) is 2.50. The van der Waals surface area contributed by atoms with Crippen molar-refractivity contribution in [3.05, 3.63) is 59.9 Å². The molecule has 0 bridgehead atoms. The van der Waals surface area contributed by atoms with Crippen molar-refractivity contribution in [3.63, 3.8) is 0 Å². The molecule has 1 unspecified atom stereocenters. The number of nitrogens with zero attached hydrogens (tertiary/aromatic N) is 2. The summed E-state index contributed by atoms with van der Waals surface area (Å²) in [5.74, 6) is -1.20. The fraction of sp³-hybridized carbons (Fsp3) is 0.188. The van der Waals surface area contributed by atoms with Crippen LogP contribution in [0, 0.1) is 0 Å². The molecular formula is C16H14N2O3. The van der Waals surface area contributed by atoms with Gasteiger partial charge in [-0.1, -0.05) is 24.3 Å². The molecule has 3 rings (SSSR count). The summed E-state index contributed by atoms with van der Waals surface area (Å²) in [6.45, 7) is 0. The number of aromatic nitrogens is 1. The standard InChI is InChI=1S/C16H14N2O3/c19-15(8-11-4-3-7-17-10-11)18-13-6-2-1-5-12(13)9-14(18)16(20)21/h1-7,10,14H,8-9H2,(H,20,21). The van der Waals surface area contributed by atoms with Gasteiger partial charge in [0.25, 0.3) is 0 Å². The molecule has 21 heavy (non-hydrogen) atoms. The topological polar surface area (TPSA) is 70.5 Å². The molecule has 1 N–H and O–H groups in total. The quantitative estimate of drug-likeness (QED) is 0.929. The van der Waals surface area contributed by atoms with Crippen molar-refractivity contribution in [2.75, 3.05) is 4.90 Å². The van der Waals surface area contributed by atoms with Gasteiger partial charge in [-0.25, -0.2) is 4.79 Å². The molecule has 2 aromatic rings. The Hall–Kier alpha value is -2.69. The van der Waals surface area contributed by atoms with E-state index in [2.05, 4.69) is 4.98 Å². The lowest BCUT2D eigenvalue weighted by molar-refractivity contribution is -0.139. The number of amides is 1. The zero-order chi connectivity index (χ0) is 14.8. The van der Waals surface area contributed by atoms with E-state index in [1.807, 2.05) is 24.3 Å². The van der Waals surface area contributed by atoms with E-state index >= 15 is 0 Å². The van der Waals surface area contributed by atoms with Crippen LogP contribution in [0.25, 0.3) is 0 Å². The lowest BCUT2D eigenvalue weighted by atomic mass is 10.1. The second-order valence-electron chi connectivity index (χ2n) is 4.99. The summed E-state index contributed by atoms with van der Waals surface area (Å²) in [5.41, 5.74) is 2.36. The number of carboxylic acids is 1. The molecule has 1 aromatic carbocycles. The van der Waals surface area contributed by atoms with Gasteiger partial charge in [0.05, 0.1) is 6.42 Å². The Labute approximate surface area is 121 Å². The fourth-order valence-electron chi connectivity index (χ4n) is 2.65. The number of carboxylic acid groups (broad SMARTS) is 1. The molecule has 1 atom stereocenters. The number of hydrogen-bond acceptors (Lipinski definition) is 3. The van der Waals surface area contributed by atoms with E-state index in [1.165, 1.54) is 4.90 Å². The molecule has 1 amide bonds. The van der Waals surface area contributed by atoms with Crippen LogP contribution >= 0.6 is 0 Å². The van der Waals surface area contributed by atoms with Gasteiger partial charge in [0.2, 0.25) is 5.91 Å². The molecular weight excluding hydrogens is 268 g/mol. The second kappa shape index (κ2) is 5.36. The molecule has 0 saturated heterocycles. The number of anilines is 1. The number of aliphatic carboxylic acids is 1. The Morgan fingerprint density at radius 3 is 2.76 bits per heavy atom. The van der Waals surface area contributed by atoms with Crippen LogP contribution in [-0.4, -0.2) is 28.0 Å². The van der Waals surface area contributed by atoms with Gasteiger partial charge in [-0.3, -0.25) is 14.7 Å². The van der Waals surface area contributed by atoms with Gasteiger partial charge in [0, 0.05) is 24.5 Å². The van der Waals surface area contributed by atoms with Crippen molar-refractivity contribution in [1.82, 2.24) is 4.98 Å². The molecule has 5 heteroatoms. The number of pyridine rings is 1. The van der Waals surface area contributed by atoms with Crippen LogP contribution in [0.5, 0.6) is 0 Å². The third-order valence-electron chi connectivity index (χ3n) is 3.61. The normalized spacial score (nSPS) is 16.6. The predicted octanol–water partition coefficient (Wildman–Crippen LogP) is 1.67. The highest BCUT2D eigenvalue weighted by atomic mass is 16.4. The Kier molecular flexibility index (Phi) is 3.39. The monoisotopic (exact) mass is 282 g/mol. The van der Waals surface area contributed by atoms with Gasteiger partial charge in [-0.15, -0.1) is 0 Å². The Morgan fingerprint density at radius 1 is 1.24 bits per heavy atom. The van der Waals surface area contributed by atoms with E-state index in [-0.39, 0.29) is 12.3 Å². The first kappa shape index (κ1) is 13.3. The van der Waals surface area contributed by atoms with E-state index in [4.69, 9.17) is 0 Å². The molecule has 1 aliphatic heterocycles. The van der Waals surface area contributed by atoms with E-state index in [1.54, 1.807) is 24.5 Å². The zero-order valence-electron chi connectivity index (χ0n) is 11.3. The largest absolute Gasteiger partial charge is 0.480 e. The number of carbonyl (C=O) groups excluding carboxylic acids is 1. The smallest absolute Gasteiger partial charge is 0.327 e. The predicted molar refractivity (Wildman–Crippen MR) is 77.0 cm³/mol. The van der Waals surface area contributed by atoms with Crippen LogP contribution in [0.3, 0.4) is 0 Å². The van der Waals surface area contributed by atoms with Crippen molar-refractivity contribution >= 4 is 17.6 Å². The molecule has 0 saturated carbocycles. The zero-order valence-corrected chi connectivity index (χ0v) is 11.3. The third-order valence-corrected chi connectivity index (χ3v) is 3.61. The first-order valence-corrected chi connectivity index (χ1v) is 6.68. The number of hydrogen-bond donors (Lipinski definition) is 1. The number of fused-ring (bicyclic) bond motifs is 1. The van der Waals surface area contributed by atoms with Crippen molar-refractivity contribution in [2.24, 2.45) is 0 Å². The second-order valence-corrected chi connectivity index (χ2v) is 4.99. The van der Waals surface area contributed by atoms with Gasteiger partial charge in [0.15, 0.2) is 0 Å². The Morgan fingerprint density at radius 2 is 2.05 bits per heavy atom. The molecule has 5 nitrogen and oxygen atoms in total. The van der Waals surface area contributed by atoms with Gasteiger partial charge >= 0.3 is 5.97 Å². The molecule has 1 aliphatic rings. The Bertz CT molecular complexity index is 685. The van der Waals surface area contributed by atoms with Crippen LogP contribution in [0.1, 0.15) is 11.1 Å². The lowest BCUT2D eigenvalue weighted by Crippen LogP contribution is -2.43. The number of benzene rings is 1. The molecule has 0 aliphatic carbocycles. The maximum Gasteiger partial charge on any atom is 0.327 e. The first-order valence-electron chi connectivity index (χ1n) is 6.68.